The Bertz CT molecular complexity index is 368. The number of carbonyl (C=O) groups is 1. The van der Waals surface area contributed by atoms with Gasteiger partial charge in [-0.15, -0.1) is 11.3 Å². The van der Waals surface area contributed by atoms with Crippen molar-refractivity contribution < 1.29 is 14.3 Å². The van der Waals surface area contributed by atoms with Gasteiger partial charge in [0.2, 0.25) is 0 Å². The molecule has 0 aliphatic rings. The number of hydrogen-bond acceptors (Lipinski definition) is 6. The van der Waals surface area contributed by atoms with Gasteiger partial charge in [0.15, 0.2) is 0 Å². The number of rotatable bonds is 8. The molecule has 0 N–H and O–H groups in total. The summed E-state index contributed by atoms with van der Waals surface area (Å²) in [4.78, 5) is 17.7. The van der Waals surface area contributed by atoms with E-state index in [2.05, 4.69) is 14.6 Å². The molecule has 0 radical (unpaired) electrons. The molecule has 0 fully saturated rings. The molecule has 0 atom stereocenters. The maximum atomic E-state index is 11.2. The molecule has 0 amide bonds. The fourth-order valence-corrected chi connectivity index (χ4v) is 2.32. The highest BCUT2D eigenvalue weighted by molar-refractivity contribution is 7.09. The first-order valence-corrected chi connectivity index (χ1v) is 6.72. The summed E-state index contributed by atoms with van der Waals surface area (Å²) in [5.41, 5.74) is 1.04. The third-order valence-electron chi connectivity index (χ3n) is 2.50. The third kappa shape index (κ3) is 5.57. The summed E-state index contributed by atoms with van der Waals surface area (Å²) in [7, 11) is 3.08. The van der Waals surface area contributed by atoms with E-state index in [1.165, 1.54) is 7.11 Å². The lowest BCUT2D eigenvalue weighted by atomic mass is 10.3. The van der Waals surface area contributed by atoms with E-state index in [1.54, 1.807) is 18.4 Å². The van der Waals surface area contributed by atoms with Gasteiger partial charge in [0, 0.05) is 31.3 Å². The van der Waals surface area contributed by atoms with E-state index in [0.717, 1.165) is 23.8 Å². The first-order chi connectivity index (χ1) is 8.65. The number of thiazole rings is 1. The predicted molar refractivity (Wildman–Crippen MR) is 70.6 cm³/mol. The SMILES string of the molecule is COCCN(CCC(=O)OC)Cc1nc(C)cs1. The second-order valence-electron chi connectivity index (χ2n) is 3.98. The smallest absolute Gasteiger partial charge is 0.306 e. The largest absolute Gasteiger partial charge is 0.469 e. The van der Waals surface area contributed by atoms with Crippen molar-refractivity contribution in [3.8, 4) is 0 Å². The molecule has 0 spiro atoms. The van der Waals surface area contributed by atoms with Crippen molar-refractivity contribution >= 4 is 17.3 Å². The van der Waals surface area contributed by atoms with Crippen LogP contribution in [0.25, 0.3) is 0 Å². The lowest BCUT2D eigenvalue weighted by Crippen LogP contribution is -2.29. The van der Waals surface area contributed by atoms with E-state index in [9.17, 15) is 4.79 Å². The Morgan fingerprint density at radius 3 is 2.78 bits per heavy atom. The Morgan fingerprint density at radius 1 is 1.44 bits per heavy atom. The highest BCUT2D eigenvalue weighted by atomic mass is 32.1. The van der Waals surface area contributed by atoms with Crippen molar-refractivity contribution in [1.29, 1.82) is 0 Å². The maximum Gasteiger partial charge on any atom is 0.306 e. The van der Waals surface area contributed by atoms with Gasteiger partial charge < -0.3 is 9.47 Å². The van der Waals surface area contributed by atoms with Crippen LogP contribution < -0.4 is 0 Å². The van der Waals surface area contributed by atoms with Gasteiger partial charge in [-0.05, 0) is 6.92 Å². The Labute approximate surface area is 112 Å². The Morgan fingerprint density at radius 2 is 2.22 bits per heavy atom. The molecular formula is C12H20N2O3S. The van der Waals surface area contributed by atoms with Gasteiger partial charge >= 0.3 is 5.97 Å². The Balaban J connectivity index is 2.46. The number of esters is 1. The summed E-state index contributed by atoms with van der Waals surface area (Å²) < 4.78 is 9.72. The second kappa shape index (κ2) is 8.18. The molecule has 5 nitrogen and oxygen atoms in total. The van der Waals surface area contributed by atoms with Crippen LogP contribution in [0.15, 0.2) is 5.38 Å². The van der Waals surface area contributed by atoms with Gasteiger partial charge in [-0.25, -0.2) is 4.98 Å². The van der Waals surface area contributed by atoms with Crippen molar-refractivity contribution in [2.24, 2.45) is 0 Å². The minimum Gasteiger partial charge on any atom is -0.469 e. The third-order valence-corrected chi connectivity index (χ3v) is 3.45. The van der Waals surface area contributed by atoms with Crippen LogP contribution in [0.2, 0.25) is 0 Å². The number of nitrogens with zero attached hydrogens (tertiary/aromatic N) is 2. The summed E-state index contributed by atoms with van der Waals surface area (Å²) in [5.74, 6) is -0.187. The highest BCUT2D eigenvalue weighted by Crippen LogP contribution is 2.11. The van der Waals surface area contributed by atoms with Crippen LogP contribution in [0, 0.1) is 6.92 Å². The summed E-state index contributed by atoms with van der Waals surface area (Å²) in [6.45, 7) is 4.82. The van der Waals surface area contributed by atoms with E-state index in [-0.39, 0.29) is 5.97 Å². The molecule has 1 heterocycles. The van der Waals surface area contributed by atoms with Crippen LogP contribution in [-0.2, 0) is 20.8 Å². The van der Waals surface area contributed by atoms with E-state index in [0.29, 0.717) is 19.6 Å². The van der Waals surface area contributed by atoms with E-state index >= 15 is 0 Å². The zero-order valence-electron chi connectivity index (χ0n) is 11.1. The average molecular weight is 272 g/mol. The van der Waals surface area contributed by atoms with Crippen LogP contribution in [0.5, 0.6) is 0 Å². The number of carbonyl (C=O) groups excluding carboxylic acids is 1. The molecule has 0 unspecified atom stereocenters. The van der Waals surface area contributed by atoms with Crippen molar-refractivity contribution in [2.75, 3.05) is 33.9 Å². The zero-order chi connectivity index (χ0) is 13.4. The number of methoxy groups -OCH3 is 2. The lowest BCUT2D eigenvalue weighted by molar-refractivity contribution is -0.141. The normalized spacial score (nSPS) is 10.9. The molecule has 18 heavy (non-hydrogen) atoms. The van der Waals surface area contributed by atoms with Gasteiger partial charge in [0.05, 0.1) is 26.7 Å². The van der Waals surface area contributed by atoms with Crippen LogP contribution in [-0.4, -0.2) is 49.8 Å². The number of hydrogen-bond donors (Lipinski definition) is 0. The summed E-state index contributed by atoms with van der Waals surface area (Å²) in [6.07, 6.45) is 0.393. The Hall–Kier alpha value is -0.980. The molecule has 1 rings (SSSR count). The minimum atomic E-state index is -0.187. The van der Waals surface area contributed by atoms with Crippen molar-refractivity contribution in [1.82, 2.24) is 9.88 Å². The molecule has 6 heteroatoms. The van der Waals surface area contributed by atoms with Gasteiger partial charge in [-0.1, -0.05) is 0 Å². The molecule has 1 aromatic heterocycles. The molecule has 0 aliphatic heterocycles. The van der Waals surface area contributed by atoms with Crippen molar-refractivity contribution in [3.63, 3.8) is 0 Å². The van der Waals surface area contributed by atoms with E-state index < -0.39 is 0 Å². The molecule has 0 aromatic carbocycles. The zero-order valence-corrected chi connectivity index (χ0v) is 12.0. The first kappa shape index (κ1) is 15.1. The van der Waals surface area contributed by atoms with Crippen molar-refractivity contribution in [3.05, 3.63) is 16.1 Å². The average Bonchev–Trinajstić information content (AvgIpc) is 2.77. The summed E-state index contributed by atoms with van der Waals surface area (Å²) in [6, 6.07) is 0. The quantitative estimate of drug-likeness (QED) is 0.671. The number of aryl methyl sites for hydroxylation is 1. The highest BCUT2D eigenvalue weighted by Gasteiger charge is 2.11. The fraction of sp³-hybridized carbons (Fsp3) is 0.667. The van der Waals surface area contributed by atoms with Crippen molar-refractivity contribution in [2.45, 2.75) is 19.9 Å². The molecule has 0 saturated carbocycles. The standard InChI is InChI=1S/C12H20N2O3S/c1-10-9-18-11(13-10)8-14(6-7-16-2)5-4-12(15)17-3/h9H,4-8H2,1-3H3. The molecule has 0 saturated heterocycles. The molecule has 0 bridgehead atoms. The first-order valence-electron chi connectivity index (χ1n) is 5.84. The van der Waals surface area contributed by atoms with Crippen LogP contribution in [0.4, 0.5) is 0 Å². The predicted octanol–water partition coefficient (Wildman–Crippen LogP) is 1.46. The summed E-state index contributed by atoms with van der Waals surface area (Å²) in [5, 5.41) is 3.10. The minimum absolute atomic E-state index is 0.187. The van der Waals surface area contributed by atoms with Gasteiger partial charge in [0.1, 0.15) is 5.01 Å². The number of aromatic nitrogens is 1. The molecular weight excluding hydrogens is 252 g/mol. The van der Waals surface area contributed by atoms with Gasteiger partial charge in [-0.2, -0.15) is 0 Å². The maximum absolute atomic E-state index is 11.2. The lowest BCUT2D eigenvalue weighted by Gasteiger charge is -2.20. The van der Waals surface area contributed by atoms with Gasteiger partial charge in [-0.3, -0.25) is 9.69 Å². The summed E-state index contributed by atoms with van der Waals surface area (Å²) >= 11 is 1.64. The van der Waals surface area contributed by atoms with E-state index in [4.69, 9.17) is 4.74 Å². The van der Waals surface area contributed by atoms with Crippen LogP contribution in [0.3, 0.4) is 0 Å². The second-order valence-corrected chi connectivity index (χ2v) is 4.92. The van der Waals surface area contributed by atoms with Gasteiger partial charge in [0.25, 0.3) is 0 Å². The topological polar surface area (TPSA) is 51.7 Å². The molecule has 102 valence electrons. The van der Waals surface area contributed by atoms with E-state index in [1.807, 2.05) is 12.3 Å². The monoisotopic (exact) mass is 272 g/mol. The Kier molecular flexibility index (Phi) is 6.85. The molecule has 1 aromatic rings. The fourth-order valence-electron chi connectivity index (χ4n) is 1.51. The van der Waals surface area contributed by atoms with Crippen LogP contribution >= 0.6 is 11.3 Å². The number of ether oxygens (including phenoxy) is 2. The van der Waals surface area contributed by atoms with Crippen LogP contribution in [0.1, 0.15) is 17.1 Å². The molecule has 0 aliphatic carbocycles.